The molecule has 0 bridgehead atoms. The molecule has 0 atom stereocenters. The second kappa shape index (κ2) is 10.8. The molecule has 0 aromatic rings. The predicted molar refractivity (Wildman–Crippen MR) is 65.7 cm³/mol. The average molecular weight is 197 g/mol. The lowest BCUT2D eigenvalue weighted by Crippen LogP contribution is -2.06. The molecule has 0 fully saturated rings. The molecular formula is C13H27N. The van der Waals surface area contributed by atoms with Crippen LogP contribution in [0.25, 0.3) is 0 Å². The summed E-state index contributed by atoms with van der Waals surface area (Å²) >= 11 is 0. The summed E-state index contributed by atoms with van der Waals surface area (Å²) in [5.74, 6) is 0. The molecule has 0 rings (SSSR count). The molecule has 14 heavy (non-hydrogen) atoms. The third-order valence-corrected chi connectivity index (χ3v) is 2.56. The zero-order valence-corrected chi connectivity index (χ0v) is 10.2. The van der Waals surface area contributed by atoms with Gasteiger partial charge in [0.2, 0.25) is 0 Å². The van der Waals surface area contributed by atoms with Crippen molar-refractivity contribution in [2.75, 3.05) is 13.6 Å². The minimum Gasteiger partial charge on any atom is -0.319 e. The van der Waals surface area contributed by atoms with E-state index in [1.807, 2.05) is 7.05 Å². The third-order valence-electron chi connectivity index (χ3n) is 2.56. The highest BCUT2D eigenvalue weighted by atomic mass is 14.8. The maximum absolute atomic E-state index is 3.16. The Bertz CT molecular complexity index is 138. The average Bonchev–Trinajstić information content (AvgIpc) is 2.18. The maximum Gasteiger partial charge on any atom is -0.00172 e. The minimum absolute atomic E-state index is 1.10. The van der Waals surface area contributed by atoms with Crippen molar-refractivity contribution in [1.82, 2.24) is 5.32 Å². The molecule has 0 amide bonds. The Hall–Kier alpha value is -0.300. The first-order valence-corrected chi connectivity index (χ1v) is 6.11. The normalized spacial score (nSPS) is 12.1. The summed E-state index contributed by atoms with van der Waals surface area (Å²) in [4.78, 5) is 0. The van der Waals surface area contributed by atoms with Crippen LogP contribution in [0, 0.1) is 0 Å². The van der Waals surface area contributed by atoms with Gasteiger partial charge in [-0.25, -0.2) is 0 Å². The summed E-state index contributed by atoms with van der Waals surface area (Å²) in [5.41, 5.74) is 1.57. The van der Waals surface area contributed by atoms with Crippen LogP contribution < -0.4 is 5.32 Å². The standard InChI is InChI=1S/C13H27N/c1-4-5-6-7-8-10-13(2)11-9-12-14-3/h11,14H,4-10,12H2,1-3H3. The van der Waals surface area contributed by atoms with Crippen molar-refractivity contribution in [3.05, 3.63) is 11.6 Å². The Balaban J connectivity index is 3.25. The Morgan fingerprint density at radius 1 is 1.14 bits per heavy atom. The van der Waals surface area contributed by atoms with Crippen molar-refractivity contribution in [1.29, 1.82) is 0 Å². The van der Waals surface area contributed by atoms with E-state index in [9.17, 15) is 0 Å². The Kier molecular flexibility index (Phi) is 10.5. The van der Waals surface area contributed by atoms with Gasteiger partial charge in [-0.05, 0) is 39.8 Å². The molecule has 0 aromatic heterocycles. The van der Waals surface area contributed by atoms with Gasteiger partial charge in [-0.1, -0.05) is 44.3 Å². The van der Waals surface area contributed by atoms with Gasteiger partial charge in [0.15, 0.2) is 0 Å². The number of allylic oxidation sites excluding steroid dienone is 1. The molecule has 0 unspecified atom stereocenters. The van der Waals surface area contributed by atoms with Gasteiger partial charge < -0.3 is 5.32 Å². The van der Waals surface area contributed by atoms with Crippen molar-refractivity contribution in [3.8, 4) is 0 Å². The molecule has 0 saturated heterocycles. The van der Waals surface area contributed by atoms with Crippen molar-refractivity contribution >= 4 is 0 Å². The summed E-state index contributed by atoms with van der Waals surface area (Å²) in [6.45, 7) is 5.63. The number of nitrogens with one attached hydrogen (secondary N) is 1. The van der Waals surface area contributed by atoms with Crippen LogP contribution >= 0.6 is 0 Å². The van der Waals surface area contributed by atoms with Crippen molar-refractivity contribution in [3.63, 3.8) is 0 Å². The smallest absolute Gasteiger partial charge is 0.00172 e. The molecule has 1 heteroatoms. The summed E-state index contributed by atoms with van der Waals surface area (Å²) in [6, 6.07) is 0. The van der Waals surface area contributed by atoms with Crippen molar-refractivity contribution in [2.45, 2.75) is 58.8 Å². The molecule has 0 aliphatic rings. The van der Waals surface area contributed by atoms with Crippen LogP contribution in [0.3, 0.4) is 0 Å². The van der Waals surface area contributed by atoms with Gasteiger partial charge in [-0.2, -0.15) is 0 Å². The highest BCUT2D eigenvalue weighted by molar-refractivity contribution is 4.97. The van der Waals surface area contributed by atoms with E-state index in [0.29, 0.717) is 0 Å². The largest absolute Gasteiger partial charge is 0.319 e. The predicted octanol–water partition coefficient (Wildman–Crippen LogP) is 3.90. The van der Waals surface area contributed by atoms with E-state index < -0.39 is 0 Å². The van der Waals surface area contributed by atoms with Crippen LogP contribution in [0.1, 0.15) is 58.8 Å². The minimum atomic E-state index is 1.10. The molecule has 0 aliphatic carbocycles. The molecule has 1 nitrogen and oxygen atoms in total. The number of unbranched alkanes of at least 4 members (excludes halogenated alkanes) is 4. The lowest BCUT2D eigenvalue weighted by molar-refractivity contribution is 0.629. The highest BCUT2D eigenvalue weighted by Gasteiger charge is 1.91. The van der Waals surface area contributed by atoms with Gasteiger partial charge in [0.25, 0.3) is 0 Å². The summed E-state index contributed by atoms with van der Waals surface area (Å²) in [6.07, 6.45) is 11.8. The second-order valence-corrected chi connectivity index (χ2v) is 4.11. The Morgan fingerprint density at radius 2 is 1.86 bits per heavy atom. The van der Waals surface area contributed by atoms with Gasteiger partial charge >= 0.3 is 0 Å². The number of hydrogen-bond acceptors (Lipinski definition) is 1. The van der Waals surface area contributed by atoms with Crippen LogP contribution in [0.2, 0.25) is 0 Å². The van der Waals surface area contributed by atoms with Crippen LogP contribution in [-0.4, -0.2) is 13.6 Å². The Labute approximate surface area is 90.0 Å². The van der Waals surface area contributed by atoms with E-state index in [4.69, 9.17) is 0 Å². The number of rotatable bonds is 9. The monoisotopic (exact) mass is 197 g/mol. The van der Waals surface area contributed by atoms with Crippen LogP contribution in [0.15, 0.2) is 11.6 Å². The molecule has 1 N–H and O–H groups in total. The summed E-state index contributed by atoms with van der Waals surface area (Å²) < 4.78 is 0. The first-order valence-electron chi connectivity index (χ1n) is 6.11. The van der Waals surface area contributed by atoms with Gasteiger partial charge in [0, 0.05) is 0 Å². The SMILES string of the molecule is CCCCCCCC(C)=CCCNC. The summed E-state index contributed by atoms with van der Waals surface area (Å²) in [5, 5.41) is 3.16. The molecular weight excluding hydrogens is 170 g/mol. The zero-order chi connectivity index (χ0) is 10.6. The quantitative estimate of drug-likeness (QED) is 0.436. The molecule has 0 radical (unpaired) electrons. The first-order chi connectivity index (χ1) is 6.81. The Morgan fingerprint density at radius 3 is 2.50 bits per heavy atom. The van der Waals surface area contributed by atoms with E-state index in [-0.39, 0.29) is 0 Å². The molecule has 0 saturated carbocycles. The zero-order valence-electron chi connectivity index (χ0n) is 10.2. The van der Waals surface area contributed by atoms with E-state index in [1.54, 1.807) is 5.57 Å². The van der Waals surface area contributed by atoms with Gasteiger partial charge in [-0.3, -0.25) is 0 Å². The van der Waals surface area contributed by atoms with Crippen LogP contribution in [0.5, 0.6) is 0 Å². The highest BCUT2D eigenvalue weighted by Crippen LogP contribution is 2.10. The fourth-order valence-electron chi connectivity index (χ4n) is 1.57. The molecule has 0 spiro atoms. The maximum atomic E-state index is 3.16. The van der Waals surface area contributed by atoms with Crippen LogP contribution in [0.4, 0.5) is 0 Å². The second-order valence-electron chi connectivity index (χ2n) is 4.11. The lowest BCUT2D eigenvalue weighted by Gasteiger charge is -2.01. The fourth-order valence-corrected chi connectivity index (χ4v) is 1.57. The molecule has 84 valence electrons. The van der Waals surface area contributed by atoms with E-state index in [2.05, 4.69) is 25.2 Å². The molecule has 0 aromatic carbocycles. The topological polar surface area (TPSA) is 12.0 Å². The van der Waals surface area contributed by atoms with Gasteiger partial charge in [0.05, 0.1) is 0 Å². The first kappa shape index (κ1) is 13.7. The third kappa shape index (κ3) is 9.79. The van der Waals surface area contributed by atoms with Crippen molar-refractivity contribution < 1.29 is 0 Å². The lowest BCUT2D eigenvalue weighted by atomic mass is 10.1. The van der Waals surface area contributed by atoms with Crippen molar-refractivity contribution in [2.24, 2.45) is 0 Å². The fraction of sp³-hybridized carbons (Fsp3) is 0.846. The number of hydrogen-bond donors (Lipinski definition) is 1. The molecule has 0 aliphatic heterocycles. The van der Waals surface area contributed by atoms with Crippen LogP contribution in [-0.2, 0) is 0 Å². The van der Waals surface area contributed by atoms with E-state index in [0.717, 1.165) is 6.54 Å². The van der Waals surface area contributed by atoms with E-state index >= 15 is 0 Å². The molecule has 0 heterocycles. The van der Waals surface area contributed by atoms with E-state index in [1.165, 1.54) is 44.9 Å². The summed E-state index contributed by atoms with van der Waals surface area (Å²) in [7, 11) is 2.01. The van der Waals surface area contributed by atoms with Gasteiger partial charge in [-0.15, -0.1) is 0 Å². The van der Waals surface area contributed by atoms with Gasteiger partial charge in [0.1, 0.15) is 0 Å².